The molecule has 4 amide bonds. The molecule has 0 aliphatic carbocycles. The fourth-order valence-corrected chi connectivity index (χ4v) is 4.37. The minimum Gasteiger partial charge on any atom is -0.325 e. The Kier molecular flexibility index (Phi) is 6.04. The highest BCUT2D eigenvalue weighted by molar-refractivity contribution is 6.19. The van der Waals surface area contributed by atoms with Gasteiger partial charge in [-0.2, -0.15) is 0 Å². The molecule has 2 heterocycles. The first kappa shape index (κ1) is 21.1. The van der Waals surface area contributed by atoms with E-state index in [-0.39, 0.29) is 30.4 Å². The van der Waals surface area contributed by atoms with Gasteiger partial charge in [-0.25, -0.2) is 9.69 Å². The van der Waals surface area contributed by atoms with Gasteiger partial charge in [0.1, 0.15) is 6.54 Å². The SMILES string of the molecule is Cc1ccc(NC(=O)CN2CCC(N3CC(=O)N(c4ccccc4)C3=O)CC2)c(C)c1. The molecule has 0 unspecified atom stereocenters. The summed E-state index contributed by atoms with van der Waals surface area (Å²) in [5, 5.41) is 2.99. The normalized spacial score (nSPS) is 18.0. The number of piperidine rings is 1. The van der Waals surface area contributed by atoms with Crippen LogP contribution < -0.4 is 10.2 Å². The second-order valence-electron chi connectivity index (χ2n) is 8.35. The molecular formula is C24H28N4O3. The molecule has 2 aromatic rings. The Labute approximate surface area is 182 Å². The van der Waals surface area contributed by atoms with Crippen LogP contribution in [-0.4, -0.2) is 59.9 Å². The van der Waals surface area contributed by atoms with Crippen LogP contribution in [0.1, 0.15) is 24.0 Å². The zero-order valence-electron chi connectivity index (χ0n) is 18.0. The monoisotopic (exact) mass is 420 g/mol. The summed E-state index contributed by atoms with van der Waals surface area (Å²) in [5.41, 5.74) is 3.67. The highest BCUT2D eigenvalue weighted by Gasteiger charge is 2.41. The highest BCUT2D eigenvalue weighted by atomic mass is 16.2. The van der Waals surface area contributed by atoms with Gasteiger partial charge >= 0.3 is 6.03 Å². The summed E-state index contributed by atoms with van der Waals surface area (Å²) in [4.78, 5) is 42.9. The summed E-state index contributed by atoms with van der Waals surface area (Å²) in [5.74, 6) is -0.223. The van der Waals surface area contributed by atoms with Crippen molar-refractivity contribution in [2.75, 3.05) is 36.4 Å². The molecule has 0 saturated carbocycles. The zero-order valence-corrected chi connectivity index (χ0v) is 18.0. The predicted molar refractivity (Wildman–Crippen MR) is 120 cm³/mol. The van der Waals surface area contributed by atoms with E-state index in [1.807, 2.05) is 50.2 Å². The van der Waals surface area contributed by atoms with Crippen molar-refractivity contribution in [3.05, 3.63) is 59.7 Å². The van der Waals surface area contributed by atoms with Crippen LogP contribution in [-0.2, 0) is 9.59 Å². The first-order valence-electron chi connectivity index (χ1n) is 10.7. The molecule has 7 nitrogen and oxygen atoms in total. The molecule has 2 saturated heterocycles. The number of benzene rings is 2. The number of urea groups is 1. The molecule has 162 valence electrons. The van der Waals surface area contributed by atoms with Crippen molar-refractivity contribution in [3.8, 4) is 0 Å². The number of imide groups is 1. The van der Waals surface area contributed by atoms with E-state index in [1.54, 1.807) is 17.0 Å². The number of rotatable bonds is 5. The minimum absolute atomic E-state index is 0.0174. The number of likely N-dealkylation sites (tertiary alicyclic amines) is 1. The fraction of sp³-hybridized carbons (Fsp3) is 0.375. The van der Waals surface area contributed by atoms with E-state index in [2.05, 4.69) is 10.2 Å². The Morgan fingerprint density at radius 2 is 1.74 bits per heavy atom. The van der Waals surface area contributed by atoms with Crippen LogP contribution in [0.5, 0.6) is 0 Å². The quantitative estimate of drug-likeness (QED) is 0.754. The number of para-hydroxylation sites is 1. The van der Waals surface area contributed by atoms with Crippen molar-refractivity contribution >= 4 is 29.2 Å². The van der Waals surface area contributed by atoms with E-state index in [1.165, 1.54) is 10.5 Å². The summed E-state index contributed by atoms with van der Waals surface area (Å²) in [7, 11) is 0. The Morgan fingerprint density at radius 1 is 1.03 bits per heavy atom. The molecule has 2 aliphatic rings. The van der Waals surface area contributed by atoms with Crippen molar-refractivity contribution < 1.29 is 14.4 Å². The van der Waals surface area contributed by atoms with E-state index in [4.69, 9.17) is 0 Å². The average molecular weight is 421 g/mol. The molecule has 2 aromatic carbocycles. The van der Waals surface area contributed by atoms with Crippen molar-refractivity contribution in [1.29, 1.82) is 0 Å². The van der Waals surface area contributed by atoms with Gasteiger partial charge in [0, 0.05) is 24.8 Å². The maximum absolute atomic E-state index is 12.9. The number of carbonyl (C=O) groups excluding carboxylic acids is 3. The number of aryl methyl sites for hydroxylation is 2. The number of nitrogens with one attached hydrogen (secondary N) is 1. The van der Waals surface area contributed by atoms with Crippen LogP contribution in [0.3, 0.4) is 0 Å². The van der Waals surface area contributed by atoms with Gasteiger partial charge in [0.2, 0.25) is 5.91 Å². The molecule has 2 fully saturated rings. The van der Waals surface area contributed by atoms with Crippen LogP contribution in [0, 0.1) is 13.8 Å². The molecular weight excluding hydrogens is 392 g/mol. The summed E-state index contributed by atoms with van der Waals surface area (Å²) in [6, 6.07) is 14.8. The molecule has 4 rings (SSSR count). The van der Waals surface area contributed by atoms with E-state index >= 15 is 0 Å². The highest BCUT2D eigenvalue weighted by Crippen LogP contribution is 2.26. The fourth-order valence-electron chi connectivity index (χ4n) is 4.37. The first-order valence-corrected chi connectivity index (χ1v) is 10.7. The van der Waals surface area contributed by atoms with Crippen molar-refractivity contribution in [2.45, 2.75) is 32.7 Å². The first-order chi connectivity index (χ1) is 14.9. The van der Waals surface area contributed by atoms with Crippen LogP contribution in [0.25, 0.3) is 0 Å². The van der Waals surface area contributed by atoms with Gasteiger partial charge in [-0.15, -0.1) is 0 Å². The Balaban J connectivity index is 1.30. The number of carbonyl (C=O) groups is 3. The lowest BCUT2D eigenvalue weighted by Gasteiger charge is -2.35. The van der Waals surface area contributed by atoms with Gasteiger partial charge in [0.15, 0.2) is 0 Å². The van der Waals surface area contributed by atoms with Crippen molar-refractivity contribution in [2.24, 2.45) is 0 Å². The smallest absolute Gasteiger partial charge is 0.325 e. The number of hydrogen-bond donors (Lipinski definition) is 1. The van der Waals surface area contributed by atoms with Gasteiger partial charge in [-0.3, -0.25) is 14.5 Å². The molecule has 0 atom stereocenters. The molecule has 31 heavy (non-hydrogen) atoms. The largest absolute Gasteiger partial charge is 0.332 e. The van der Waals surface area contributed by atoms with Gasteiger partial charge in [-0.05, 0) is 50.5 Å². The molecule has 1 N–H and O–H groups in total. The Bertz CT molecular complexity index is 984. The van der Waals surface area contributed by atoms with Crippen LogP contribution in [0.4, 0.5) is 16.2 Å². The second kappa shape index (κ2) is 8.89. The topological polar surface area (TPSA) is 73.0 Å². The third-order valence-corrected chi connectivity index (χ3v) is 6.03. The summed E-state index contributed by atoms with van der Waals surface area (Å²) < 4.78 is 0. The number of hydrogen-bond acceptors (Lipinski definition) is 4. The molecule has 0 aromatic heterocycles. The lowest BCUT2D eigenvalue weighted by Crippen LogP contribution is -2.48. The second-order valence-corrected chi connectivity index (χ2v) is 8.35. The number of nitrogens with zero attached hydrogens (tertiary/aromatic N) is 3. The average Bonchev–Trinajstić information content (AvgIpc) is 3.05. The van der Waals surface area contributed by atoms with Gasteiger partial charge in [-0.1, -0.05) is 35.9 Å². The summed E-state index contributed by atoms with van der Waals surface area (Å²) in [6.07, 6.45) is 1.50. The lowest BCUT2D eigenvalue weighted by molar-refractivity contribution is -0.117. The lowest BCUT2D eigenvalue weighted by atomic mass is 10.0. The number of amides is 4. The van der Waals surface area contributed by atoms with E-state index < -0.39 is 0 Å². The number of anilines is 2. The standard InChI is InChI=1S/C24H28N4O3/c1-17-8-9-21(18(2)14-17)25-22(29)15-26-12-10-19(11-13-26)27-16-23(30)28(24(27)31)20-6-4-3-5-7-20/h3-9,14,19H,10-13,15-16H2,1-2H3,(H,25,29). The van der Waals surface area contributed by atoms with E-state index in [0.717, 1.165) is 24.1 Å². The molecule has 0 spiro atoms. The third kappa shape index (κ3) is 4.61. The van der Waals surface area contributed by atoms with E-state index in [9.17, 15) is 14.4 Å². The maximum Gasteiger partial charge on any atom is 0.332 e. The van der Waals surface area contributed by atoms with Crippen molar-refractivity contribution in [1.82, 2.24) is 9.80 Å². The van der Waals surface area contributed by atoms with Crippen LogP contribution in [0.15, 0.2) is 48.5 Å². The molecule has 2 aliphatic heterocycles. The summed E-state index contributed by atoms with van der Waals surface area (Å²) in [6.45, 7) is 5.89. The zero-order chi connectivity index (χ0) is 22.0. The van der Waals surface area contributed by atoms with Gasteiger partial charge < -0.3 is 10.2 Å². The maximum atomic E-state index is 12.9. The molecule has 7 heteroatoms. The Hall–Kier alpha value is -3.19. The third-order valence-electron chi connectivity index (χ3n) is 6.03. The Morgan fingerprint density at radius 3 is 2.42 bits per heavy atom. The van der Waals surface area contributed by atoms with Gasteiger partial charge in [0.25, 0.3) is 5.91 Å². The van der Waals surface area contributed by atoms with E-state index in [0.29, 0.717) is 25.3 Å². The van der Waals surface area contributed by atoms with Crippen LogP contribution in [0.2, 0.25) is 0 Å². The van der Waals surface area contributed by atoms with Crippen molar-refractivity contribution in [3.63, 3.8) is 0 Å². The van der Waals surface area contributed by atoms with Gasteiger partial charge in [0.05, 0.1) is 12.2 Å². The summed E-state index contributed by atoms with van der Waals surface area (Å²) >= 11 is 0. The minimum atomic E-state index is -0.248. The van der Waals surface area contributed by atoms with Crippen LogP contribution >= 0.6 is 0 Å². The molecule has 0 bridgehead atoms. The molecule has 0 radical (unpaired) electrons. The predicted octanol–water partition coefficient (Wildman–Crippen LogP) is 3.18.